The molecule has 12 rings (SSSR count). The Kier molecular flexibility index (Phi) is 7.10. The van der Waals surface area contributed by atoms with Gasteiger partial charge in [-0.25, -0.2) is 4.99 Å². The summed E-state index contributed by atoms with van der Waals surface area (Å²) < 4.78 is 13.2. The summed E-state index contributed by atoms with van der Waals surface area (Å²) in [6, 6.07) is 56.4. The van der Waals surface area contributed by atoms with Crippen LogP contribution < -0.4 is 15.4 Å². The Morgan fingerprint density at radius 1 is 0.614 bits per heavy atom. The third-order valence-corrected chi connectivity index (χ3v) is 12.4. The molecule has 0 saturated carbocycles. The fraction of sp³-hybridized carbons (Fsp3) is 0.0962. The van der Waals surface area contributed by atoms with Gasteiger partial charge in [-0.1, -0.05) is 152 Å². The Hall–Kier alpha value is -6.95. The van der Waals surface area contributed by atoms with Gasteiger partial charge in [-0.15, -0.1) is 0 Å². The monoisotopic (exact) mass is 735 g/mol. The van der Waals surface area contributed by atoms with Gasteiger partial charge in [0.25, 0.3) is 0 Å². The van der Waals surface area contributed by atoms with E-state index in [1.54, 1.807) is 0 Å². The summed E-state index contributed by atoms with van der Waals surface area (Å²) in [7, 11) is 0. The van der Waals surface area contributed by atoms with Crippen LogP contribution in [0, 0.1) is 5.92 Å². The highest BCUT2D eigenvalue weighted by Crippen LogP contribution is 2.63. The van der Waals surface area contributed by atoms with Gasteiger partial charge in [-0.3, -0.25) is 5.32 Å². The second-order valence-corrected chi connectivity index (χ2v) is 15.4. The van der Waals surface area contributed by atoms with Gasteiger partial charge in [0.15, 0.2) is 0 Å². The number of para-hydroxylation sites is 2. The number of amidine groups is 1. The Labute approximate surface area is 330 Å². The highest BCUT2D eigenvalue weighted by molar-refractivity contribution is 6.09. The second kappa shape index (κ2) is 12.5. The van der Waals surface area contributed by atoms with Crippen LogP contribution in [0.3, 0.4) is 0 Å². The van der Waals surface area contributed by atoms with Gasteiger partial charge >= 0.3 is 0 Å². The Morgan fingerprint density at radius 3 is 2.14 bits per heavy atom. The molecule has 0 radical (unpaired) electrons. The molecule has 3 unspecified atom stereocenters. The van der Waals surface area contributed by atoms with Crippen molar-refractivity contribution in [2.24, 2.45) is 10.9 Å². The molecule has 0 saturated heterocycles. The van der Waals surface area contributed by atoms with Crippen molar-refractivity contribution in [3.8, 4) is 33.8 Å². The van der Waals surface area contributed by atoms with Crippen LogP contribution in [-0.2, 0) is 5.41 Å². The highest BCUT2D eigenvalue weighted by Gasteiger charge is 2.51. The lowest BCUT2D eigenvalue weighted by Crippen LogP contribution is -2.47. The van der Waals surface area contributed by atoms with Crippen LogP contribution in [0.15, 0.2) is 191 Å². The van der Waals surface area contributed by atoms with Crippen molar-refractivity contribution < 1.29 is 9.15 Å². The molecule has 2 N–H and O–H groups in total. The van der Waals surface area contributed by atoms with Crippen LogP contribution in [0.1, 0.15) is 52.1 Å². The molecule has 0 amide bonds. The number of furan rings is 1. The average molecular weight is 736 g/mol. The summed E-state index contributed by atoms with van der Waals surface area (Å²) in [4.78, 5) is 5.23. The minimum absolute atomic E-state index is 0.179. The molecule has 4 aliphatic rings. The standard InChI is InChI=1S/C52H37N3O2/c1-3-15-32(16-4-1)49-53-50(33-17-5-2-6-18-33)55-51(54-49)37-21-14-28-46-48(37)38-31-34(29-30-43(38)56-46)35-20-13-25-42-47(35)36-19-7-8-22-39(36)52(42)40-23-9-11-26-44(40)57-45-27-12-10-24-41(45)52/h1-17,19-31,33,49,51,54H,18H2,(H,53,55). The zero-order valence-corrected chi connectivity index (χ0v) is 31.0. The number of ether oxygens (including phenoxy) is 1. The van der Waals surface area contributed by atoms with Gasteiger partial charge in [0, 0.05) is 33.4 Å². The summed E-state index contributed by atoms with van der Waals surface area (Å²) in [6.45, 7) is 0. The molecule has 2 aliphatic heterocycles. The predicted molar refractivity (Wildman–Crippen MR) is 229 cm³/mol. The number of fused-ring (bicyclic) bond motifs is 12. The van der Waals surface area contributed by atoms with Crippen LogP contribution in [-0.4, -0.2) is 5.84 Å². The average Bonchev–Trinajstić information content (AvgIpc) is 3.81. The lowest BCUT2D eigenvalue weighted by molar-refractivity contribution is 0.401. The smallest absolute Gasteiger partial charge is 0.135 e. The van der Waals surface area contributed by atoms with Crippen molar-refractivity contribution in [1.29, 1.82) is 0 Å². The SMILES string of the molecule is C1=CCC(C2=NC(c3ccccc3)NC(c3cccc4oc5ccc(-c6cccc7c6-c6ccccc6C76c7ccccc7Oc7ccccc76)cc5c34)N2)C=C1. The molecule has 1 aromatic heterocycles. The number of nitrogens with zero attached hydrogens (tertiary/aromatic N) is 1. The molecular weight excluding hydrogens is 699 g/mol. The topological polar surface area (TPSA) is 58.8 Å². The van der Waals surface area contributed by atoms with Gasteiger partial charge in [-0.2, -0.15) is 0 Å². The van der Waals surface area contributed by atoms with Crippen molar-refractivity contribution in [1.82, 2.24) is 10.6 Å². The summed E-state index contributed by atoms with van der Waals surface area (Å²) >= 11 is 0. The zero-order valence-electron chi connectivity index (χ0n) is 31.0. The summed E-state index contributed by atoms with van der Waals surface area (Å²) in [5.74, 6) is 2.96. The van der Waals surface area contributed by atoms with E-state index >= 15 is 0 Å². The molecule has 272 valence electrons. The molecule has 5 heteroatoms. The van der Waals surface area contributed by atoms with Crippen molar-refractivity contribution in [2.75, 3.05) is 0 Å². The van der Waals surface area contributed by atoms with E-state index in [-0.39, 0.29) is 18.2 Å². The van der Waals surface area contributed by atoms with E-state index in [4.69, 9.17) is 14.1 Å². The van der Waals surface area contributed by atoms with E-state index in [2.05, 4.69) is 193 Å². The van der Waals surface area contributed by atoms with Crippen LogP contribution in [0.5, 0.6) is 11.5 Å². The summed E-state index contributed by atoms with van der Waals surface area (Å²) in [6.07, 6.45) is 9.21. The fourth-order valence-electron chi connectivity index (χ4n) is 9.93. The maximum absolute atomic E-state index is 6.63. The van der Waals surface area contributed by atoms with E-state index in [1.807, 2.05) is 0 Å². The number of aliphatic imine (C=N–C) groups is 1. The van der Waals surface area contributed by atoms with Crippen LogP contribution in [0.4, 0.5) is 0 Å². The number of benzene rings is 7. The van der Waals surface area contributed by atoms with Gasteiger partial charge in [0.05, 0.1) is 5.41 Å². The largest absolute Gasteiger partial charge is 0.457 e. The molecule has 7 aromatic carbocycles. The summed E-state index contributed by atoms with van der Waals surface area (Å²) in [5.41, 5.74) is 13.2. The van der Waals surface area contributed by atoms with Crippen LogP contribution in [0.2, 0.25) is 0 Å². The Bertz CT molecular complexity index is 2960. The first-order valence-corrected chi connectivity index (χ1v) is 19.8. The molecule has 5 nitrogen and oxygen atoms in total. The van der Waals surface area contributed by atoms with E-state index in [9.17, 15) is 0 Å². The zero-order chi connectivity index (χ0) is 37.5. The van der Waals surface area contributed by atoms with E-state index in [0.29, 0.717) is 0 Å². The van der Waals surface area contributed by atoms with Gasteiger partial charge in [0.1, 0.15) is 40.8 Å². The minimum Gasteiger partial charge on any atom is -0.457 e. The molecule has 2 aliphatic carbocycles. The van der Waals surface area contributed by atoms with E-state index in [1.165, 1.54) is 27.8 Å². The van der Waals surface area contributed by atoms with Crippen molar-refractivity contribution in [3.05, 3.63) is 215 Å². The molecule has 0 fully saturated rings. The van der Waals surface area contributed by atoms with Gasteiger partial charge < -0.3 is 14.5 Å². The molecule has 0 bridgehead atoms. The Balaban J connectivity index is 1.04. The van der Waals surface area contributed by atoms with Crippen molar-refractivity contribution in [2.45, 2.75) is 24.2 Å². The second-order valence-electron chi connectivity index (χ2n) is 15.4. The van der Waals surface area contributed by atoms with Gasteiger partial charge in [-0.05, 0) is 75.7 Å². The summed E-state index contributed by atoms with van der Waals surface area (Å²) in [5, 5.41) is 9.86. The molecule has 3 heterocycles. The molecule has 3 atom stereocenters. The maximum atomic E-state index is 6.63. The van der Waals surface area contributed by atoms with Crippen LogP contribution >= 0.6 is 0 Å². The third-order valence-electron chi connectivity index (χ3n) is 12.4. The quantitative estimate of drug-likeness (QED) is 0.189. The molecule has 1 spiro atoms. The third kappa shape index (κ3) is 4.76. The fourth-order valence-corrected chi connectivity index (χ4v) is 9.93. The lowest BCUT2D eigenvalue weighted by Gasteiger charge is -2.39. The number of hydrogen-bond donors (Lipinski definition) is 2. The normalized spacial score (nSPS) is 19.6. The minimum atomic E-state index is -0.525. The van der Waals surface area contributed by atoms with E-state index < -0.39 is 5.41 Å². The lowest BCUT2D eigenvalue weighted by atomic mass is 9.66. The molecule has 57 heavy (non-hydrogen) atoms. The number of nitrogens with one attached hydrogen (secondary N) is 2. The van der Waals surface area contributed by atoms with Crippen LogP contribution in [0.25, 0.3) is 44.2 Å². The molecule has 8 aromatic rings. The van der Waals surface area contributed by atoms with Crippen molar-refractivity contribution in [3.63, 3.8) is 0 Å². The highest BCUT2D eigenvalue weighted by atomic mass is 16.5. The Morgan fingerprint density at radius 2 is 1.33 bits per heavy atom. The van der Waals surface area contributed by atoms with E-state index in [0.717, 1.165) is 73.5 Å². The molecular formula is C52H37N3O2. The number of allylic oxidation sites excluding steroid dienone is 3. The maximum Gasteiger partial charge on any atom is 0.135 e. The van der Waals surface area contributed by atoms with Crippen molar-refractivity contribution >= 4 is 27.8 Å². The first-order chi connectivity index (χ1) is 28.3. The predicted octanol–water partition coefficient (Wildman–Crippen LogP) is 12.1. The number of rotatable bonds is 4. The first kappa shape index (κ1) is 32.3. The number of hydrogen-bond acceptors (Lipinski definition) is 5. The first-order valence-electron chi connectivity index (χ1n) is 19.8. The van der Waals surface area contributed by atoms with Gasteiger partial charge in [0.2, 0.25) is 0 Å².